The Morgan fingerprint density at radius 2 is 1.90 bits per heavy atom. The number of carbonyl (C=O) groups is 1. The van der Waals surface area contributed by atoms with Gasteiger partial charge in [0.05, 0.1) is 0 Å². The first-order valence-electron chi connectivity index (χ1n) is 9.25. The molecule has 1 aromatic carbocycles. The van der Waals surface area contributed by atoms with Crippen LogP contribution in [-0.4, -0.2) is 27.4 Å². The summed E-state index contributed by atoms with van der Waals surface area (Å²) in [5.74, 6) is 1.14. The lowest BCUT2D eigenvalue weighted by Crippen LogP contribution is -2.14. The molecule has 0 fully saturated rings. The molecule has 0 saturated heterocycles. The number of hydrogen-bond acceptors (Lipinski definition) is 5. The molecule has 150 valence electrons. The number of benzene rings is 1. The van der Waals surface area contributed by atoms with E-state index in [2.05, 4.69) is 25.6 Å². The monoisotopic (exact) mass is 411 g/mol. The van der Waals surface area contributed by atoms with Crippen molar-refractivity contribution < 1.29 is 4.79 Å². The van der Waals surface area contributed by atoms with Crippen LogP contribution in [0.3, 0.4) is 0 Å². The van der Waals surface area contributed by atoms with Gasteiger partial charge in [-0.3, -0.25) is 9.59 Å². The first kappa shape index (κ1) is 20.5. The molecule has 0 aliphatic rings. The van der Waals surface area contributed by atoms with E-state index in [4.69, 9.17) is 11.6 Å². The summed E-state index contributed by atoms with van der Waals surface area (Å²) in [5.41, 5.74) is 2.62. The second-order valence-corrected chi connectivity index (χ2v) is 7.08. The average molecular weight is 412 g/mol. The van der Waals surface area contributed by atoms with Gasteiger partial charge in [-0.05, 0) is 56.7 Å². The number of anilines is 2. The highest BCUT2D eigenvalue weighted by molar-refractivity contribution is 6.30. The molecule has 3 rings (SSSR count). The van der Waals surface area contributed by atoms with Gasteiger partial charge in [-0.15, -0.1) is 0 Å². The summed E-state index contributed by atoms with van der Waals surface area (Å²) in [4.78, 5) is 35.4. The Kier molecular flexibility index (Phi) is 6.61. The summed E-state index contributed by atoms with van der Waals surface area (Å²) in [5, 5.41) is 6.64. The van der Waals surface area contributed by atoms with Crippen molar-refractivity contribution >= 4 is 29.0 Å². The highest BCUT2D eigenvalue weighted by atomic mass is 35.5. The molecule has 2 heterocycles. The summed E-state index contributed by atoms with van der Waals surface area (Å²) in [6, 6.07) is 10.7. The summed E-state index contributed by atoms with van der Waals surface area (Å²) in [7, 11) is 0. The number of aromatic amines is 1. The SMILES string of the molecule is Cc1nc(-c2ccc(NCCCC(=O)Nc3ccc(Cl)cc3)nc2)[nH]c(=O)c1C. The standard InChI is InChI=1S/C21H22ClN5O2/c1-13-14(2)25-20(27-21(13)29)15-5-10-18(24-12-15)23-11-3-4-19(28)26-17-8-6-16(22)7-9-17/h5-10,12H,3-4,11H2,1-2H3,(H,23,24)(H,26,28)(H,25,27,29). The van der Waals surface area contributed by atoms with Crippen molar-refractivity contribution in [1.82, 2.24) is 15.0 Å². The van der Waals surface area contributed by atoms with Crippen LogP contribution in [0.2, 0.25) is 5.02 Å². The van der Waals surface area contributed by atoms with E-state index in [1.165, 1.54) is 0 Å². The molecule has 1 amide bonds. The number of amides is 1. The fraction of sp³-hybridized carbons (Fsp3) is 0.238. The van der Waals surface area contributed by atoms with E-state index in [0.29, 0.717) is 47.3 Å². The van der Waals surface area contributed by atoms with Crippen molar-refractivity contribution in [2.75, 3.05) is 17.2 Å². The number of carbonyl (C=O) groups excluding carboxylic acids is 1. The number of aromatic nitrogens is 3. The van der Waals surface area contributed by atoms with Crippen LogP contribution in [0.1, 0.15) is 24.1 Å². The first-order chi connectivity index (χ1) is 13.9. The molecule has 0 spiro atoms. The van der Waals surface area contributed by atoms with Crippen LogP contribution in [0, 0.1) is 13.8 Å². The van der Waals surface area contributed by atoms with E-state index < -0.39 is 0 Å². The highest BCUT2D eigenvalue weighted by Crippen LogP contribution is 2.16. The number of H-pyrrole nitrogens is 1. The molecule has 0 saturated carbocycles. The summed E-state index contributed by atoms with van der Waals surface area (Å²) in [6.45, 7) is 4.16. The lowest BCUT2D eigenvalue weighted by molar-refractivity contribution is -0.116. The van der Waals surface area contributed by atoms with Crippen LogP contribution in [-0.2, 0) is 4.79 Å². The summed E-state index contributed by atoms with van der Waals surface area (Å²) < 4.78 is 0. The van der Waals surface area contributed by atoms with Crippen molar-refractivity contribution in [3.05, 3.63) is 69.2 Å². The molecule has 0 atom stereocenters. The molecule has 0 radical (unpaired) electrons. The van der Waals surface area contributed by atoms with Gasteiger partial charge in [-0.2, -0.15) is 0 Å². The fourth-order valence-electron chi connectivity index (χ4n) is 2.64. The lowest BCUT2D eigenvalue weighted by Gasteiger charge is -2.08. The fourth-order valence-corrected chi connectivity index (χ4v) is 2.77. The zero-order chi connectivity index (χ0) is 20.8. The minimum Gasteiger partial charge on any atom is -0.370 e. The Morgan fingerprint density at radius 3 is 2.55 bits per heavy atom. The van der Waals surface area contributed by atoms with Gasteiger partial charge < -0.3 is 15.6 Å². The maximum Gasteiger partial charge on any atom is 0.254 e. The summed E-state index contributed by atoms with van der Waals surface area (Å²) in [6.07, 6.45) is 2.71. The van der Waals surface area contributed by atoms with Crippen molar-refractivity contribution in [1.29, 1.82) is 0 Å². The van der Waals surface area contributed by atoms with Crippen LogP contribution in [0.25, 0.3) is 11.4 Å². The van der Waals surface area contributed by atoms with E-state index in [-0.39, 0.29) is 11.5 Å². The third-order valence-corrected chi connectivity index (χ3v) is 4.70. The number of hydrogen-bond donors (Lipinski definition) is 3. The number of pyridine rings is 1. The van der Waals surface area contributed by atoms with E-state index in [0.717, 1.165) is 11.3 Å². The van der Waals surface area contributed by atoms with Gasteiger partial charge >= 0.3 is 0 Å². The predicted molar refractivity (Wildman–Crippen MR) is 115 cm³/mol. The molecular weight excluding hydrogens is 390 g/mol. The predicted octanol–water partition coefficient (Wildman–Crippen LogP) is 3.93. The molecule has 7 nitrogen and oxygen atoms in total. The Morgan fingerprint density at radius 1 is 1.14 bits per heavy atom. The number of halogens is 1. The molecule has 3 N–H and O–H groups in total. The highest BCUT2D eigenvalue weighted by Gasteiger charge is 2.07. The quantitative estimate of drug-likeness (QED) is 0.511. The number of aryl methyl sites for hydroxylation is 1. The van der Waals surface area contributed by atoms with Gasteiger partial charge in [-0.1, -0.05) is 11.6 Å². The molecule has 8 heteroatoms. The van der Waals surface area contributed by atoms with E-state index in [9.17, 15) is 9.59 Å². The molecular formula is C21H22ClN5O2. The zero-order valence-corrected chi connectivity index (χ0v) is 17.0. The van der Waals surface area contributed by atoms with Gasteiger partial charge in [0.25, 0.3) is 5.56 Å². The van der Waals surface area contributed by atoms with Gasteiger partial charge in [0, 0.05) is 46.7 Å². The van der Waals surface area contributed by atoms with E-state index >= 15 is 0 Å². The van der Waals surface area contributed by atoms with E-state index in [1.807, 2.05) is 12.1 Å². The third-order valence-electron chi connectivity index (χ3n) is 4.45. The maximum atomic E-state index is 12.0. The molecule has 2 aromatic heterocycles. The normalized spacial score (nSPS) is 10.6. The van der Waals surface area contributed by atoms with Crippen LogP contribution in [0.15, 0.2) is 47.4 Å². The molecule has 0 aliphatic heterocycles. The maximum absolute atomic E-state index is 12.0. The number of rotatable bonds is 7. The largest absolute Gasteiger partial charge is 0.370 e. The topological polar surface area (TPSA) is 99.8 Å². The Hall–Kier alpha value is -3.19. The smallest absolute Gasteiger partial charge is 0.254 e. The van der Waals surface area contributed by atoms with Crippen molar-refractivity contribution in [3.8, 4) is 11.4 Å². The first-order valence-corrected chi connectivity index (χ1v) is 9.63. The molecule has 0 bridgehead atoms. The summed E-state index contributed by atoms with van der Waals surface area (Å²) >= 11 is 5.83. The molecule has 0 unspecified atom stereocenters. The van der Waals surface area contributed by atoms with Crippen LogP contribution in [0.4, 0.5) is 11.5 Å². The molecule has 0 aliphatic carbocycles. The lowest BCUT2D eigenvalue weighted by atomic mass is 10.2. The van der Waals surface area contributed by atoms with Crippen molar-refractivity contribution in [2.24, 2.45) is 0 Å². The minimum absolute atomic E-state index is 0.0535. The Bertz CT molecular complexity index is 1050. The van der Waals surface area contributed by atoms with Gasteiger partial charge in [-0.25, -0.2) is 9.97 Å². The average Bonchev–Trinajstić information content (AvgIpc) is 2.71. The molecule has 3 aromatic rings. The van der Waals surface area contributed by atoms with Gasteiger partial charge in [0.15, 0.2) is 0 Å². The van der Waals surface area contributed by atoms with Crippen LogP contribution in [0.5, 0.6) is 0 Å². The van der Waals surface area contributed by atoms with Crippen LogP contribution < -0.4 is 16.2 Å². The second kappa shape index (κ2) is 9.34. The Labute approximate surface area is 173 Å². The third kappa shape index (κ3) is 5.65. The zero-order valence-electron chi connectivity index (χ0n) is 16.3. The van der Waals surface area contributed by atoms with E-state index in [1.54, 1.807) is 44.3 Å². The second-order valence-electron chi connectivity index (χ2n) is 6.64. The minimum atomic E-state index is -0.147. The number of nitrogens with one attached hydrogen (secondary N) is 3. The van der Waals surface area contributed by atoms with Gasteiger partial charge in [0.1, 0.15) is 11.6 Å². The van der Waals surface area contributed by atoms with Crippen molar-refractivity contribution in [3.63, 3.8) is 0 Å². The Balaban J connectivity index is 1.47. The van der Waals surface area contributed by atoms with Crippen LogP contribution >= 0.6 is 11.6 Å². The van der Waals surface area contributed by atoms with Crippen molar-refractivity contribution in [2.45, 2.75) is 26.7 Å². The van der Waals surface area contributed by atoms with Gasteiger partial charge in [0.2, 0.25) is 5.91 Å². The number of nitrogens with zero attached hydrogens (tertiary/aromatic N) is 2. The molecule has 29 heavy (non-hydrogen) atoms.